The minimum atomic E-state index is -0.0995. The number of hydrogen-bond acceptors (Lipinski definition) is 4. The van der Waals surface area contributed by atoms with Crippen LogP contribution >= 0.6 is 0 Å². The molecule has 0 rings (SSSR count). The van der Waals surface area contributed by atoms with E-state index in [0.29, 0.717) is 13.2 Å². The van der Waals surface area contributed by atoms with Gasteiger partial charge in [-0.15, -0.1) is 0 Å². The van der Waals surface area contributed by atoms with Crippen LogP contribution in [0.5, 0.6) is 0 Å². The van der Waals surface area contributed by atoms with Gasteiger partial charge in [-0.2, -0.15) is 0 Å². The second-order valence-corrected chi connectivity index (χ2v) is 7.17. The molecule has 0 aliphatic rings. The second kappa shape index (κ2) is 17.4. The maximum Gasteiger partial charge on any atom is 0.308 e. The highest BCUT2D eigenvalue weighted by Gasteiger charge is 2.25. The molecule has 0 N–H and O–H groups in total. The normalized spacial score (nSPS) is 13.2. The predicted octanol–water partition coefficient (Wildman–Crippen LogP) is 6.07. The Balaban J connectivity index is 4.61. The van der Waals surface area contributed by atoms with Gasteiger partial charge in [-0.1, -0.05) is 65.2 Å². The number of hydrogen-bond donors (Lipinski definition) is 0. The van der Waals surface area contributed by atoms with Gasteiger partial charge in [-0.05, 0) is 39.5 Å². The van der Waals surface area contributed by atoms with E-state index < -0.39 is 0 Å². The van der Waals surface area contributed by atoms with Crippen LogP contribution in [0.3, 0.4) is 0 Å². The Bertz CT molecular complexity index is 320. The summed E-state index contributed by atoms with van der Waals surface area (Å²) in [5.74, 6) is -0.367. The third-order valence-electron chi connectivity index (χ3n) is 4.92. The first kappa shape index (κ1) is 24.9. The first-order chi connectivity index (χ1) is 12.6. The van der Waals surface area contributed by atoms with E-state index in [1.54, 1.807) is 0 Å². The summed E-state index contributed by atoms with van der Waals surface area (Å²) in [5, 5.41) is 0. The molecule has 0 heterocycles. The molecule has 2 atom stereocenters. The lowest BCUT2D eigenvalue weighted by atomic mass is 9.89. The van der Waals surface area contributed by atoms with Gasteiger partial charge >= 0.3 is 11.9 Å². The molecule has 0 aromatic carbocycles. The SMILES string of the molecule is CCCCCCC(CCC(CCCCCC)C(=O)OCC)C(=O)OCC. The van der Waals surface area contributed by atoms with Gasteiger partial charge in [0.05, 0.1) is 25.0 Å². The quantitative estimate of drug-likeness (QED) is 0.230. The molecular formula is C22H42O4. The van der Waals surface area contributed by atoms with Crippen molar-refractivity contribution in [1.29, 1.82) is 0 Å². The van der Waals surface area contributed by atoms with Crippen LogP contribution in [0.25, 0.3) is 0 Å². The molecule has 0 radical (unpaired) electrons. The van der Waals surface area contributed by atoms with Crippen molar-refractivity contribution < 1.29 is 19.1 Å². The lowest BCUT2D eigenvalue weighted by molar-refractivity contribution is -0.151. The summed E-state index contributed by atoms with van der Waals surface area (Å²) in [6.07, 6.45) is 12.4. The van der Waals surface area contributed by atoms with E-state index in [2.05, 4.69) is 13.8 Å². The fourth-order valence-electron chi connectivity index (χ4n) is 3.32. The second-order valence-electron chi connectivity index (χ2n) is 7.17. The zero-order chi connectivity index (χ0) is 19.6. The van der Waals surface area contributed by atoms with Crippen LogP contribution in [0.15, 0.2) is 0 Å². The van der Waals surface area contributed by atoms with E-state index in [0.717, 1.165) is 51.4 Å². The van der Waals surface area contributed by atoms with Crippen molar-refractivity contribution in [3.63, 3.8) is 0 Å². The third-order valence-corrected chi connectivity index (χ3v) is 4.92. The maximum atomic E-state index is 12.3. The summed E-state index contributed by atoms with van der Waals surface area (Å²) >= 11 is 0. The maximum absolute atomic E-state index is 12.3. The highest BCUT2D eigenvalue weighted by atomic mass is 16.5. The average molecular weight is 371 g/mol. The van der Waals surface area contributed by atoms with E-state index in [-0.39, 0.29) is 23.8 Å². The Hall–Kier alpha value is -1.06. The number of ether oxygens (including phenoxy) is 2. The molecule has 0 aromatic rings. The van der Waals surface area contributed by atoms with Crippen molar-refractivity contribution in [2.24, 2.45) is 11.8 Å². The molecular weight excluding hydrogens is 328 g/mol. The summed E-state index contributed by atoms with van der Waals surface area (Å²) in [6.45, 7) is 8.91. The van der Waals surface area contributed by atoms with E-state index in [9.17, 15) is 9.59 Å². The van der Waals surface area contributed by atoms with Gasteiger partial charge in [0.25, 0.3) is 0 Å². The van der Waals surface area contributed by atoms with Gasteiger partial charge < -0.3 is 9.47 Å². The van der Waals surface area contributed by atoms with Crippen molar-refractivity contribution in [2.45, 2.75) is 105 Å². The van der Waals surface area contributed by atoms with E-state index >= 15 is 0 Å². The Morgan fingerprint density at radius 3 is 1.27 bits per heavy atom. The van der Waals surface area contributed by atoms with Crippen molar-refractivity contribution in [3.8, 4) is 0 Å². The fourth-order valence-corrected chi connectivity index (χ4v) is 3.32. The summed E-state index contributed by atoms with van der Waals surface area (Å²) in [7, 11) is 0. The van der Waals surface area contributed by atoms with Crippen molar-refractivity contribution in [3.05, 3.63) is 0 Å². The smallest absolute Gasteiger partial charge is 0.308 e. The minimum Gasteiger partial charge on any atom is -0.466 e. The van der Waals surface area contributed by atoms with E-state index in [1.165, 1.54) is 25.7 Å². The monoisotopic (exact) mass is 370 g/mol. The van der Waals surface area contributed by atoms with E-state index in [4.69, 9.17) is 9.47 Å². The molecule has 0 aromatic heterocycles. The number of carbonyl (C=O) groups is 2. The van der Waals surface area contributed by atoms with Gasteiger partial charge in [0.15, 0.2) is 0 Å². The Morgan fingerprint density at radius 1 is 0.577 bits per heavy atom. The summed E-state index contributed by atoms with van der Waals surface area (Å²) in [5.41, 5.74) is 0. The molecule has 0 bridgehead atoms. The standard InChI is InChI=1S/C22H42O4/c1-5-9-11-13-15-19(21(23)25-7-3)17-18-20(22(24)26-8-4)16-14-12-10-6-2/h19-20H,5-18H2,1-4H3. The predicted molar refractivity (Wildman–Crippen MR) is 107 cm³/mol. The van der Waals surface area contributed by atoms with Crippen LogP contribution in [-0.2, 0) is 19.1 Å². The molecule has 0 aliphatic carbocycles. The van der Waals surface area contributed by atoms with Crippen LogP contribution in [0.4, 0.5) is 0 Å². The Kier molecular flexibility index (Phi) is 16.7. The molecule has 26 heavy (non-hydrogen) atoms. The van der Waals surface area contributed by atoms with Crippen LogP contribution in [-0.4, -0.2) is 25.2 Å². The molecule has 0 saturated heterocycles. The highest BCUT2D eigenvalue weighted by molar-refractivity contribution is 5.73. The Labute approximate surface area is 161 Å². The highest BCUT2D eigenvalue weighted by Crippen LogP contribution is 2.24. The lowest BCUT2D eigenvalue weighted by Gasteiger charge is -2.20. The fraction of sp³-hybridized carbons (Fsp3) is 0.909. The first-order valence-electron chi connectivity index (χ1n) is 10.9. The number of unbranched alkanes of at least 4 members (excludes halogenated alkanes) is 6. The molecule has 0 saturated carbocycles. The summed E-state index contributed by atoms with van der Waals surface area (Å²) < 4.78 is 10.5. The lowest BCUT2D eigenvalue weighted by Crippen LogP contribution is -2.23. The zero-order valence-electron chi connectivity index (χ0n) is 17.7. The van der Waals surface area contributed by atoms with Crippen LogP contribution in [0.2, 0.25) is 0 Å². The van der Waals surface area contributed by atoms with Crippen molar-refractivity contribution >= 4 is 11.9 Å². The van der Waals surface area contributed by atoms with Gasteiger partial charge in [0.2, 0.25) is 0 Å². The topological polar surface area (TPSA) is 52.6 Å². The molecule has 0 aliphatic heterocycles. The molecule has 154 valence electrons. The molecule has 4 heteroatoms. The van der Waals surface area contributed by atoms with Crippen molar-refractivity contribution in [2.75, 3.05) is 13.2 Å². The first-order valence-corrected chi connectivity index (χ1v) is 10.9. The molecule has 0 fully saturated rings. The zero-order valence-corrected chi connectivity index (χ0v) is 17.7. The molecule has 4 nitrogen and oxygen atoms in total. The minimum absolute atomic E-state index is 0.0839. The number of carbonyl (C=O) groups excluding carboxylic acids is 2. The van der Waals surface area contributed by atoms with Crippen LogP contribution in [0.1, 0.15) is 105 Å². The van der Waals surface area contributed by atoms with Gasteiger partial charge in [0.1, 0.15) is 0 Å². The van der Waals surface area contributed by atoms with Crippen LogP contribution < -0.4 is 0 Å². The third kappa shape index (κ3) is 12.3. The molecule has 0 spiro atoms. The molecule has 2 unspecified atom stereocenters. The number of rotatable bonds is 17. The van der Waals surface area contributed by atoms with E-state index in [1.807, 2.05) is 13.8 Å². The van der Waals surface area contributed by atoms with Crippen molar-refractivity contribution in [1.82, 2.24) is 0 Å². The Morgan fingerprint density at radius 2 is 0.962 bits per heavy atom. The van der Waals surface area contributed by atoms with Gasteiger partial charge in [0, 0.05) is 0 Å². The summed E-state index contributed by atoms with van der Waals surface area (Å²) in [6, 6.07) is 0. The largest absolute Gasteiger partial charge is 0.466 e. The summed E-state index contributed by atoms with van der Waals surface area (Å²) in [4.78, 5) is 24.6. The number of esters is 2. The molecule has 0 amide bonds. The van der Waals surface area contributed by atoms with Gasteiger partial charge in [-0.3, -0.25) is 9.59 Å². The van der Waals surface area contributed by atoms with Gasteiger partial charge in [-0.25, -0.2) is 0 Å². The van der Waals surface area contributed by atoms with Crippen LogP contribution in [0, 0.1) is 11.8 Å². The average Bonchev–Trinajstić information content (AvgIpc) is 2.62.